The van der Waals surface area contributed by atoms with Crippen LogP contribution in [0.15, 0.2) is 79.7 Å². The monoisotopic (exact) mass is 461 g/mol. The Morgan fingerprint density at radius 1 is 1.03 bits per heavy atom. The Morgan fingerprint density at radius 3 is 2.34 bits per heavy atom. The zero-order valence-electron chi connectivity index (χ0n) is 15.5. The summed E-state index contributed by atoms with van der Waals surface area (Å²) in [5.74, 6) is 0. The molecule has 4 aromatic rings. The summed E-state index contributed by atoms with van der Waals surface area (Å²) in [6.07, 6.45) is 0. The van der Waals surface area contributed by atoms with Crippen LogP contribution in [0.4, 0.5) is 0 Å². The number of hydrogen-bond acceptors (Lipinski definition) is 6. The van der Waals surface area contributed by atoms with Crippen LogP contribution in [0, 0.1) is 13.8 Å². The second kappa shape index (κ2) is 7.95. The second-order valence-corrected chi connectivity index (χ2v) is 10.9. The van der Waals surface area contributed by atoms with E-state index in [0.717, 1.165) is 27.6 Å². The minimum Gasteiger partial charge on any atom is -0.218 e. The number of benzene rings is 2. The van der Waals surface area contributed by atoms with E-state index in [1.807, 2.05) is 50.2 Å². The number of rotatable bonds is 5. The highest BCUT2D eigenvalue weighted by Crippen LogP contribution is 2.40. The Bertz CT molecular complexity index is 1260. The van der Waals surface area contributed by atoms with E-state index in [1.165, 1.54) is 23.9 Å². The lowest BCUT2D eigenvalue weighted by atomic mass is 10.4. The predicted octanol–water partition coefficient (Wildman–Crippen LogP) is 5.58. The molecule has 2 aromatic carbocycles. The number of hydrogen-bond donors (Lipinski definition) is 0. The normalized spacial score (nSPS) is 11.7. The predicted molar refractivity (Wildman–Crippen MR) is 116 cm³/mol. The Hall–Kier alpha value is -2.13. The van der Waals surface area contributed by atoms with Crippen molar-refractivity contribution in [3.8, 4) is 5.13 Å². The summed E-state index contributed by atoms with van der Waals surface area (Å²) in [5.41, 5.74) is 1.74. The van der Waals surface area contributed by atoms with Crippen molar-refractivity contribution >= 4 is 44.5 Å². The molecule has 0 aliphatic carbocycles. The Labute approximate surface area is 182 Å². The van der Waals surface area contributed by atoms with Crippen LogP contribution in [0.25, 0.3) is 5.13 Å². The summed E-state index contributed by atoms with van der Waals surface area (Å²) in [4.78, 5) is 5.72. The van der Waals surface area contributed by atoms with Crippen molar-refractivity contribution in [1.82, 2.24) is 14.8 Å². The molecule has 0 saturated carbocycles. The maximum Gasteiger partial charge on any atom is 0.218 e. The highest BCUT2D eigenvalue weighted by molar-refractivity contribution is 8.00. The fourth-order valence-electron chi connectivity index (χ4n) is 2.75. The van der Waals surface area contributed by atoms with Gasteiger partial charge in [-0.1, -0.05) is 52.9 Å². The van der Waals surface area contributed by atoms with Gasteiger partial charge >= 0.3 is 0 Å². The lowest BCUT2D eigenvalue weighted by Gasteiger charge is -2.04. The molecule has 0 unspecified atom stereocenters. The molecule has 0 radical (unpaired) electrons. The third-order valence-corrected chi connectivity index (χ3v) is 8.89. The molecule has 0 N–H and O–H groups in total. The molecular weight excluding hydrogens is 446 g/mol. The van der Waals surface area contributed by atoms with Crippen LogP contribution >= 0.6 is 34.7 Å². The summed E-state index contributed by atoms with van der Waals surface area (Å²) in [5, 5.41) is 5.88. The van der Waals surface area contributed by atoms with E-state index in [-0.39, 0.29) is 9.10 Å². The van der Waals surface area contributed by atoms with Crippen molar-refractivity contribution in [3.05, 3.63) is 77.1 Å². The van der Waals surface area contributed by atoms with Crippen molar-refractivity contribution in [1.29, 1.82) is 0 Å². The van der Waals surface area contributed by atoms with Crippen molar-refractivity contribution in [2.45, 2.75) is 32.9 Å². The van der Waals surface area contributed by atoms with Crippen molar-refractivity contribution in [2.24, 2.45) is 0 Å². The van der Waals surface area contributed by atoms with Crippen molar-refractivity contribution in [2.75, 3.05) is 0 Å². The van der Waals surface area contributed by atoms with Gasteiger partial charge < -0.3 is 0 Å². The third-order valence-electron chi connectivity index (χ3n) is 4.07. The van der Waals surface area contributed by atoms with Crippen LogP contribution in [0.2, 0.25) is 5.02 Å². The van der Waals surface area contributed by atoms with Crippen LogP contribution in [-0.4, -0.2) is 23.2 Å². The standard InChI is InChI=1S/C20H16ClN3O2S3/c1-13-12-14(2)24(23-13)20-22-18(27-16-6-4-3-5-7-16)19(28-20)29(25,26)17-10-8-15(21)9-11-17/h3-12H,1-2H3. The third kappa shape index (κ3) is 4.11. The number of aryl methyl sites for hydroxylation is 2. The number of aromatic nitrogens is 3. The summed E-state index contributed by atoms with van der Waals surface area (Å²) in [6.45, 7) is 3.81. The number of sulfone groups is 1. The molecular formula is C20H16ClN3O2S3. The molecule has 148 valence electrons. The first-order chi connectivity index (χ1) is 13.8. The van der Waals surface area contributed by atoms with Gasteiger partial charge in [-0.2, -0.15) is 5.10 Å². The summed E-state index contributed by atoms with van der Waals surface area (Å²) < 4.78 is 28.6. The SMILES string of the molecule is Cc1cc(C)n(-c2nc(Sc3ccccc3)c(S(=O)(=O)c3ccc(Cl)cc3)s2)n1. The minimum absolute atomic E-state index is 0.181. The van der Waals surface area contributed by atoms with Crippen molar-refractivity contribution < 1.29 is 8.42 Å². The van der Waals surface area contributed by atoms with E-state index in [1.54, 1.807) is 16.8 Å². The maximum atomic E-state index is 13.4. The molecule has 0 amide bonds. The van der Waals surface area contributed by atoms with Gasteiger partial charge in [0.1, 0.15) is 5.03 Å². The Kier molecular flexibility index (Phi) is 5.52. The number of halogens is 1. The van der Waals surface area contributed by atoms with Gasteiger partial charge in [0, 0.05) is 15.6 Å². The topological polar surface area (TPSA) is 64.8 Å². The largest absolute Gasteiger partial charge is 0.218 e. The summed E-state index contributed by atoms with van der Waals surface area (Å²) in [6, 6.07) is 17.7. The minimum atomic E-state index is -3.76. The molecule has 0 saturated heterocycles. The Balaban J connectivity index is 1.86. The van der Waals surface area contributed by atoms with Gasteiger partial charge in [-0.25, -0.2) is 18.1 Å². The highest BCUT2D eigenvalue weighted by atomic mass is 35.5. The molecule has 9 heteroatoms. The van der Waals surface area contributed by atoms with Gasteiger partial charge in [0.05, 0.1) is 10.6 Å². The fraction of sp³-hybridized carbons (Fsp3) is 0.100. The molecule has 0 fully saturated rings. The van der Waals surface area contributed by atoms with Gasteiger partial charge in [-0.3, -0.25) is 0 Å². The molecule has 0 bridgehead atoms. The Morgan fingerprint density at radius 2 is 1.72 bits per heavy atom. The van der Waals surface area contributed by atoms with E-state index in [2.05, 4.69) is 10.1 Å². The molecule has 0 atom stereocenters. The van der Waals surface area contributed by atoms with E-state index in [0.29, 0.717) is 15.2 Å². The highest BCUT2D eigenvalue weighted by Gasteiger charge is 2.28. The lowest BCUT2D eigenvalue weighted by Crippen LogP contribution is -2.01. The van der Waals surface area contributed by atoms with Crippen LogP contribution in [0.5, 0.6) is 0 Å². The fourth-order valence-corrected chi connectivity index (χ4v) is 7.01. The number of nitrogens with zero attached hydrogens (tertiary/aromatic N) is 3. The van der Waals surface area contributed by atoms with E-state index in [4.69, 9.17) is 11.6 Å². The first kappa shape index (κ1) is 20.2. The van der Waals surface area contributed by atoms with Gasteiger partial charge in [-0.05, 0) is 56.3 Å². The zero-order valence-corrected chi connectivity index (χ0v) is 18.7. The first-order valence-corrected chi connectivity index (χ1v) is 12.1. The van der Waals surface area contributed by atoms with Crippen LogP contribution in [0.3, 0.4) is 0 Å². The maximum absolute atomic E-state index is 13.4. The van der Waals surface area contributed by atoms with E-state index >= 15 is 0 Å². The summed E-state index contributed by atoms with van der Waals surface area (Å²) >= 11 is 8.36. The molecule has 2 aromatic heterocycles. The average Bonchev–Trinajstić information content (AvgIpc) is 3.26. The van der Waals surface area contributed by atoms with Gasteiger partial charge in [0.2, 0.25) is 15.0 Å². The molecule has 0 spiro atoms. The average molecular weight is 462 g/mol. The van der Waals surface area contributed by atoms with Gasteiger partial charge in [0.15, 0.2) is 4.21 Å². The second-order valence-electron chi connectivity index (χ2n) is 6.30. The molecule has 29 heavy (non-hydrogen) atoms. The van der Waals surface area contributed by atoms with Gasteiger partial charge in [0.25, 0.3) is 0 Å². The zero-order chi connectivity index (χ0) is 20.6. The van der Waals surface area contributed by atoms with Gasteiger partial charge in [-0.15, -0.1) is 0 Å². The molecule has 5 nitrogen and oxygen atoms in total. The van der Waals surface area contributed by atoms with Crippen LogP contribution < -0.4 is 0 Å². The molecule has 0 aliphatic rings. The van der Waals surface area contributed by atoms with Crippen LogP contribution in [-0.2, 0) is 9.84 Å². The van der Waals surface area contributed by atoms with E-state index < -0.39 is 9.84 Å². The molecule has 2 heterocycles. The smallest absolute Gasteiger partial charge is 0.218 e. The number of thiazole rings is 1. The first-order valence-electron chi connectivity index (χ1n) is 8.62. The lowest BCUT2D eigenvalue weighted by molar-refractivity contribution is 0.596. The van der Waals surface area contributed by atoms with Crippen molar-refractivity contribution in [3.63, 3.8) is 0 Å². The summed E-state index contributed by atoms with van der Waals surface area (Å²) in [7, 11) is -3.76. The quantitative estimate of drug-likeness (QED) is 0.388. The van der Waals surface area contributed by atoms with Crippen LogP contribution in [0.1, 0.15) is 11.4 Å². The molecule has 0 aliphatic heterocycles. The molecule has 4 rings (SSSR count). The van der Waals surface area contributed by atoms with E-state index in [9.17, 15) is 8.42 Å².